The minimum absolute atomic E-state index is 0.00164. The minimum atomic E-state index is -0.652. The Labute approximate surface area is 135 Å². The lowest BCUT2D eigenvalue weighted by molar-refractivity contribution is 0.402. The summed E-state index contributed by atoms with van der Waals surface area (Å²) >= 11 is 9.33. The number of hydrogen-bond acceptors (Lipinski definition) is 2. The van der Waals surface area contributed by atoms with Gasteiger partial charge in [-0.05, 0) is 46.6 Å². The molecule has 112 valence electrons. The lowest BCUT2D eigenvalue weighted by atomic mass is 9.98. The van der Waals surface area contributed by atoms with E-state index in [1.807, 2.05) is 0 Å². The Balaban J connectivity index is 2.39. The van der Waals surface area contributed by atoms with E-state index in [9.17, 15) is 8.78 Å². The van der Waals surface area contributed by atoms with Crippen LogP contribution in [-0.4, -0.2) is 7.11 Å². The van der Waals surface area contributed by atoms with Gasteiger partial charge in [-0.3, -0.25) is 0 Å². The lowest BCUT2D eigenvalue weighted by Gasteiger charge is -2.18. The molecular weight excluding hydrogens is 364 g/mol. The number of methoxy groups -OCH3 is 1. The Kier molecular flexibility index (Phi) is 5.19. The predicted molar refractivity (Wildman–Crippen MR) is 82.7 cm³/mol. The normalized spacial score (nSPS) is 12.3. The third kappa shape index (κ3) is 3.54. The molecule has 0 aromatic heterocycles. The number of ether oxygens (including phenoxy) is 1. The molecule has 0 saturated carbocycles. The van der Waals surface area contributed by atoms with E-state index in [4.69, 9.17) is 22.1 Å². The molecule has 2 nitrogen and oxygen atoms in total. The zero-order chi connectivity index (χ0) is 15.6. The number of hydrogen-bond donors (Lipinski definition) is 1. The largest absolute Gasteiger partial charge is 0.495 e. The van der Waals surface area contributed by atoms with E-state index in [2.05, 4.69) is 15.9 Å². The van der Waals surface area contributed by atoms with Crippen LogP contribution in [0.4, 0.5) is 8.78 Å². The van der Waals surface area contributed by atoms with Crippen molar-refractivity contribution in [1.29, 1.82) is 0 Å². The first kappa shape index (κ1) is 16.2. The molecule has 1 atom stereocenters. The van der Waals surface area contributed by atoms with E-state index in [0.29, 0.717) is 20.8 Å². The molecule has 1 unspecified atom stereocenters. The van der Waals surface area contributed by atoms with Crippen LogP contribution in [0.5, 0.6) is 5.75 Å². The highest BCUT2D eigenvalue weighted by molar-refractivity contribution is 9.10. The van der Waals surface area contributed by atoms with Gasteiger partial charge in [0.15, 0.2) is 0 Å². The van der Waals surface area contributed by atoms with Gasteiger partial charge < -0.3 is 10.5 Å². The fraction of sp³-hybridized carbons (Fsp3) is 0.200. The van der Waals surface area contributed by atoms with Crippen LogP contribution in [0.2, 0.25) is 5.02 Å². The zero-order valence-electron chi connectivity index (χ0n) is 11.2. The van der Waals surface area contributed by atoms with Crippen LogP contribution in [0.25, 0.3) is 0 Å². The molecule has 0 fully saturated rings. The second kappa shape index (κ2) is 6.73. The standard InChI is InChI=1S/C15H13BrClF2NO/c1-21-15-10(5-8(17)6-11(15)16)14(20)7-9-12(18)3-2-4-13(9)19/h2-6,14H,7,20H2,1H3. The van der Waals surface area contributed by atoms with Crippen LogP contribution in [0.15, 0.2) is 34.8 Å². The second-order valence-electron chi connectivity index (χ2n) is 4.52. The molecule has 0 bridgehead atoms. The Morgan fingerprint density at radius 1 is 1.29 bits per heavy atom. The van der Waals surface area contributed by atoms with Crippen molar-refractivity contribution in [2.24, 2.45) is 5.73 Å². The molecule has 2 N–H and O–H groups in total. The highest BCUT2D eigenvalue weighted by atomic mass is 79.9. The van der Waals surface area contributed by atoms with Crippen molar-refractivity contribution in [2.45, 2.75) is 12.5 Å². The van der Waals surface area contributed by atoms with Gasteiger partial charge in [-0.15, -0.1) is 0 Å². The first-order valence-electron chi connectivity index (χ1n) is 6.15. The molecule has 0 aliphatic heterocycles. The molecule has 0 aliphatic carbocycles. The van der Waals surface area contributed by atoms with E-state index in [-0.39, 0.29) is 12.0 Å². The summed E-state index contributed by atoms with van der Waals surface area (Å²) in [5.74, 6) is -0.736. The number of benzene rings is 2. The van der Waals surface area contributed by atoms with Gasteiger partial charge in [0.2, 0.25) is 0 Å². The smallest absolute Gasteiger partial charge is 0.137 e. The summed E-state index contributed by atoms with van der Waals surface area (Å²) in [6, 6.07) is 6.37. The van der Waals surface area contributed by atoms with Crippen molar-refractivity contribution >= 4 is 27.5 Å². The van der Waals surface area contributed by atoms with Crippen molar-refractivity contribution in [3.8, 4) is 5.75 Å². The van der Waals surface area contributed by atoms with Gasteiger partial charge in [-0.1, -0.05) is 17.7 Å². The molecule has 0 saturated heterocycles. The lowest BCUT2D eigenvalue weighted by Crippen LogP contribution is -2.16. The molecule has 0 aliphatic rings. The molecule has 6 heteroatoms. The van der Waals surface area contributed by atoms with Crippen molar-refractivity contribution in [1.82, 2.24) is 0 Å². The van der Waals surface area contributed by atoms with Crippen LogP contribution < -0.4 is 10.5 Å². The Morgan fingerprint density at radius 2 is 1.90 bits per heavy atom. The maximum Gasteiger partial charge on any atom is 0.137 e. The Bertz CT molecular complexity index is 646. The van der Waals surface area contributed by atoms with E-state index in [0.717, 1.165) is 0 Å². The summed E-state index contributed by atoms with van der Waals surface area (Å²) < 4.78 is 33.3. The molecule has 0 spiro atoms. The molecule has 0 radical (unpaired) electrons. The van der Waals surface area contributed by atoms with Gasteiger partial charge in [-0.2, -0.15) is 0 Å². The van der Waals surface area contributed by atoms with Crippen molar-refractivity contribution in [2.75, 3.05) is 7.11 Å². The topological polar surface area (TPSA) is 35.2 Å². The van der Waals surface area contributed by atoms with Crippen molar-refractivity contribution in [3.05, 3.63) is 62.6 Å². The summed E-state index contributed by atoms with van der Waals surface area (Å²) in [5.41, 5.74) is 6.62. The first-order chi connectivity index (χ1) is 9.93. The fourth-order valence-electron chi connectivity index (χ4n) is 2.13. The Hall–Kier alpha value is -1.17. The van der Waals surface area contributed by atoms with Gasteiger partial charge in [0.1, 0.15) is 17.4 Å². The third-order valence-electron chi connectivity index (χ3n) is 3.13. The highest BCUT2D eigenvalue weighted by Gasteiger charge is 2.19. The average molecular weight is 377 g/mol. The minimum Gasteiger partial charge on any atom is -0.495 e. The zero-order valence-corrected chi connectivity index (χ0v) is 13.5. The summed E-state index contributed by atoms with van der Waals surface area (Å²) in [6.07, 6.45) is 0.00164. The monoisotopic (exact) mass is 375 g/mol. The van der Waals surface area contributed by atoms with Crippen molar-refractivity contribution in [3.63, 3.8) is 0 Å². The van der Waals surface area contributed by atoms with Gasteiger partial charge >= 0.3 is 0 Å². The van der Waals surface area contributed by atoms with Crippen molar-refractivity contribution < 1.29 is 13.5 Å². The summed E-state index contributed by atoms with van der Waals surface area (Å²) in [4.78, 5) is 0. The molecule has 0 heterocycles. The van der Waals surface area contributed by atoms with E-state index in [1.165, 1.54) is 25.3 Å². The molecule has 2 aromatic rings. The van der Waals surface area contributed by atoms with E-state index < -0.39 is 17.7 Å². The Morgan fingerprint density at radius 3 is 2.48 bits per heavy atom. The maximum atomic E-state index is 13.7. The van der Waals surface area contributed by atoms with Crippen LogP contribution in [0, 0.1) is 11.6 Å². The average Bonchev–Trinajstić information content (AvgIpc) is 2.42. The van der Waals surface area contributed by atoms with Crippen LogP contribution in [0.3, 0.4) is 0 Å². The maximum absolute atomic E-state index is 13.7. The summed E-state index contributed by atoms with van der Waals surface area (Å²) in [5, 5.41) is 0.460. The molecule has 2 rings (SSSR count). The van der Waals surface area contributed by atoms with Gasteiger partial charge in [0, 0.05) is 22.2 Å². The highest BCUT2D eigenvalue weighted by Crippen LogP contribution is 2.36. The quantitative estimate of drug-likeness (QED) is 0.844. The fourth-order valence-corrected chi connectivity index (χ4v) is 3.12. The van der Waals surface area contributed by atoms with E-state index >= 15 is 0 Å². The van der Waals surface area contributed by atoms with Crippen LogP contribution >= 0.6 is 27.5 Å². The van der Waals surface area contributed by atoms with E-state index in [1.54, 1.807) is 12.1 Å². The number of nitrogens with two attached hydrogens (primary N) is 1. The van der Waals surface area contributed by atoms with Gasteiger partial charge in [0.25, 0.3) is 0 Å². The number of rotatable bonds is 4. The second-order valence-corrected chi connectivity index (χ2v) is 5.81. The summed E-state index contributed by atoms with van der Waals surface area (Å²) in [7, 11) is 1.49. The molecule has 0 amide bonds. The molecular formula is C15H13BrClF2NO. The first-order valence-corrected chi connectivity index (χ1v) is 7.32. The molecule has 2 aromatic carbocycles. The third-order valence-corrected chi connectivity index (χ3v) is 3.93. The van der Waals surface area contributed by atoms with Crippen LogP contribution in [0.1, 0.15) is 17.2 Å². The van der Waals surface area contributed by atoms with Gasteiger partial charge in [-0.25, -0.2) is 8.78 Å². The number of halogens is 4. The molecule has 21 heavy (non-hydrogen) atoms. The summed E-state index contributed by atoms with van der Waals surface area (Å²) in [6.45, 7) is 0. The SMILES string of the molecule is COc1c(Br)cc(Cl)cc1C(N)Cc1c(F)cccc1F. The van der Waals surface area contributed by atoms with Gasteiger partial charge in [0.05, 0.1) is 11.6 Å². The van der Waals surface area contributed by atoms with Crippen LogP contribution in [-0.2, 0) is 6.42 Å². The predicted octanol–water partition coefficient (Wildman–Crippen LogP) is 4.63.